The summed E-state index contributed by atoms with van der Waals surface area (Å²) in [6.07, 6.45) is 3.75. The number of benzene rings is 1. The maximum atomic E-state index is 13.1. The van der Waals surface area contributed by atoms with Gasteiger partial charge >= 0.3 is 6.03 Å². The van der Waals surface area contributed by atoms with Crippen LogP contribution >= 0.6 is 0 Å². The lowest BCUT2D eigenvalue weighted by Crippen LogP contribution is -2.49. The third kappa shape index (κ3) is 6.73. The van der Waals surface area contributed by atoms with Gasteiger partial charge in [-0.25, -0.2) is 4.79 Å². The van der Waals surface area contributed by atoms with Gasteiger partial charge in [0.15, 0.2) is 0 Å². The Hall–Kier alpha value is -2.60. The smallest absolute Gasteiger partial charge is 0.318 e. The second-order valence-corrected chi connectivity index (χ2v) is 8.49. The molecule has 3 rings (SSSR count). The minimum Gasteiger partial charge on any atom is -0.493 e. The second-order valence-electron chi connectivity index (χ2n) is 8.49. The normalized spacial score (nSPS) is 15.2. The van der Waals surface area contributed by atoms with E-state index in [1.54, 1.807) is 6.20 Å². The fourth-order valence-electron chi connectivity index (χ4n) is 3.59. The Labute approximate surface area is 180 Å². The van der Waals surface area contributed by atoms with Crippen LogP contribution in [-0.4, -0.2) is 53.6 Å². The van der Waals surface area contributed by atoms with E-state index in [2.05, 4.69) is 36.1 Å². The minimum absolute atomic E-state index is 0.0321. The van der Waals surface area contributed by atoms with Crippen molar-refractivity contribution in [1.82, 2.24) is 20.1 Å². The summed E-state index contributed by atoms with van der Waals surface area (Å²) in [7, 11) is 2.13. The quantitative estimate of drug-likeness (QED) is 0.717. The second kappa shape index (κ2) is 11.0. The van der Waals surface area contributed by atoms with Crippen molar-refractivity contribution in [2.75, 3.05) is 26.7 Å². The molecule has 1 aliphatic rings. The van der Waals surface area contributed by atoms with Gasteiger partial charge in [-0.2, -0.15) is 0 Å². The Bertz CT molecular complexity index is 772. The molecule has 6 heteroatoms. The molecule has 1 fully saturated rings. The van der Waals surface area contributed by atoms with E-state index in [1.807, 2.05) is 47.4 Å². The van der Waals surface area contributed by atoms with Gasteiger partial charge in [0.2, 0.25) is 0 Å². The minimum atomic E-state index is -0.0321. The fourth-order valence-corrected chi connectivity index (χ4v) is 3.59. The van der Waals surface area contributed by atoms with Crippen LogP contribution in [-0.2, 0) is 13.1 Å². The van der Waals surface area contributed by atoms with Crippen molar-refractivity contribution in [3.8, 4) is 5.75 Å². The lowest BCUT2D eigenvalue weighted by atomic mass is 10.0. The SMILES string of the molecule is CC(C)COc1ccc(CNC(=O)N(Cc2ccccn2)C2CCN(C)CC2)cc1. The van der Waals surface area contributed by atoms with Crippen molar-refractivity contribution < 1.29 is 9.53 Å². The number of piperidine rings is 1. The highest BCUT2D eigenvalue weighted by Crippen LogP contribution is 2.19. The molecule has 1 N–H and O–H groups in total. The molecule has 0 unspecified atom stereocenters. The van der Waals surface area contributed by atoms with Crippen LogP contribution in [0, 0.1) is 5.92 Å². The maximum Gasteiger partial charge on any atom is 0.318 e. The number of aromatic nitrogens is 1. The summed E-state index contributed by atoms with van der Waals surface area (Å²) in [5.41, 5.74) is 1.97. The molecule has 1 aliphatic heterocycles. The van der Waals surface area contributed by atoms with Crippen LogP contribution in [0.1, 0.15) is 37.9 Å². The molecule has 0 bridgehead atoms. The van der Waals surface area contributed by atoms with Crippen LogP contribution in [0.25, 0.3) is 0 Å². The first-order chi connectivity index (χ1) is 14.5. The molecule has 1 saturated heterocycles. The summed E-state index contributed by atoms with van der Waals surface area (Å²) >= 11 is 0. The molecule has 2 heterocycles. The predicted molar refractivity (Wildman–Crippen MR) is 119 cm³/mol. The van der Waals surface area contributed by atoms with Gasteiger partial charge in [-0.15, -0.1) is 0 Å². The summed E-state index contributed by atoms with van der Waals surface area (Å²) in [5, 5.41) is 3.10. The zero-order valence-corrected chi connectivity index (χ0v) is 18.4. The topological polar surface area (TPSA) is 57.7 Å². The predicted octanol–water partition coefficient (Wildman–Crippen LogP) is 3.92. The number of ether oxygens (including phenoxy) is 1. The van der Waals surface area contributed by atoms with Gasteiger partial charge in [0.1, 0.15) is 5.75 Å². The van der Waals surface area contributed by atoms with E-state index in [9.17, 15) is 4.79 Å². The van der Waals surface area contributed by atoms with E-state index in [0.29, 0.717) is 25.6 Å². The van der Waals surface area contributed by atoms with Crippen molar-refractivity contribution in [1.29, 1.82) is 0 Å². The highest BCUT2D eigenvalue weighted by molar-refractivity contribution is 5.74. The number of pyridine rings is 1. The number of amides is 2. The van der Waals surface area contributed by atoms with E-state index in [4.69, 9.17) is 4.74 Å². The zero-order valence-electron chi connectivity index (χ0n) is 18.4. The molecule has 162 valence electrons. The number of nitrogens with zero attached hydrogens (tertiary/aromatic N) is 3. The van der Waals surface area contributed by atoms with Crippen molar-refractivity contribution in [2.24, 2.45) is 5.92 Å². The maximum absolute atomic E-state index is 13.1. The Kier molecular flexibility index (Phi) is 8.08. The van der Waals surface area contributed by atoms with E-state index in [0.717, 1.165) is 42.9 Å². The molecule has 0 aliphatic carbocycles. The summed E-state index contributed by atoms with van der Waals surface area (Å²) in [4.78, 5) is 21.8. The van der Waals surface area contributed by atoms with Gasteiger partial charge in [0.05, 0.1) is 18.8 Å². The fraction of sp³-hybridized carbons (Fsp3) is 0.500. The van der Waals surface area contributed by atoms with Crippen LogP contribution in [0.5, 0.6) is 5.75 Å². The van der Waals surface area contributed by atoms with Gasteiger partial charge in [0.25, 0.3) is 0 Å². The number of carbonyl (C=O) groups is 1. The molecule has 0 spiro atoms. The molecule has 2 aromatic rings. The van der Waals surface area contributed by atoms with Crippen molar-refractivity contribution in [3.63, 3.8) is 0 Å². The number of nitrogens with one attached hydrogen (secondary N) is 1. The standard InChI is InChI=1S/C24H34N4O2/c1-19(2)18-30-23-9-7-20(8-10-23)16-26-24(29)28(17-21-6-4-5-13-25-21)22-11-14-27(3)15-12-22/h4-10,13,19,22H,11-12,14-18H2,1-3H3,(H,26,29). The molecule has 0 radical (unpaired) electrons. The number of hydrogen-bond donors (Lipinski definition) is 1. The number of urea groups is 1. The Balaban J connectivity index is 1.59. The van der Waals surface area contributed by atoms with Gasteiger partial charge < -0.3 is 19.9 Å². The van der Waals surface area contributed by atoms with Gasteiger partial charge in [-0.05, 0) is 68.7 Å². The number of likely N-dealkylation sites (tertiary alicyclic amines) is 1. The average molecular weight is 411 g/mol. The molecule has 1 aromatic carbocycles. The first kappa shape index (κ1) is 22.1. The van der Waals surface area contributed by atoms with Crippen LogP contribution in [0.2, 0.25) is 0 Å². The zero-order chi connectivity index (χ0) is 21.3. The monoisotopic (exact) mass is 410 g/mol. The Morgan fingerprint density at radius 3 is 2.57 bits per heavy atom. The molecule has 1 aromatic heterocycles. The van der Waals surface area contributed by atoms with Crippen molar-refractivity contribution >= 4 is 6.03 Å². The molecule has 0 saturated carbocycles. The average Bonchev–Trinajstić information content (AvgIpc) is 2.76. The van der Waals surface area contributed by atoms with Crippen molar-refractivity contribution in [2.45, 2.75) is 45.8 Å². The number of carbonyl (C=O) groups excluding carboxylic acids is 1. The lowest BCUT2D eigenvalue weighted by Gasteiger charge is -2.37. The highest BCUT2D eigenvalue weighted by Gasteiger charge is 2.27. The molecule has 0 atom stereocenters. The van der Waals surface area contributed by atoms with Crippen LogP contribution in [0.3, 0.4) is 0 Å². The summed E-state index contributed by atoms with van der Waals surface area (Å²) < 4.78 is 5.73. The molecular formula is C24H34N4O2. The summed E-state index contributed by atoms with van der Waals surface area (Å²) in [6, 6.07) is 14.0. The van der Waals surface area contributed by atoms with Crippen LogP contribution < -0.4 is 10.1 Å². The third-order valence-corrected chi connectivity index (χ3v) is 5.40. The molecule has 6 nitrogen and oxygen atoms in total. The Morgan fingerprint density at radius 1 is 1.20 bits per heavy atom. The highest BCUT2D eigenvalue weighted by atomic mass is 16.5. The first-order valence-electron chi connectivity index (χ1n) is 10.9. The van der Waals surface area contributed by atoms with Gasteiger partial charge in [-0.3, -0.25) is 4.98 Å². The molecule has 30 heavy (non-hydrogen) atoms. The first-order valence-corrected chi connectivity index (χ1v) is 10.9. The Morgan fingerprint density at radius 2 is 1.93 bits per heavy atom. The number of hydrogen-bond acceptors (Lipinski definition) is 4. The number of rotatable bonds is 8. The lowest BCUT2D eigenvalue weighted by molar-refractivity contribution is 0.126. The van der Waals surface area contributed by atoms with Gasteiger partial charge in [0, 0.05) is 18.8 Å². The van der Waals surface area contributed by atoms with Crippen molar-refractivity contribution in [3.05, 3.63) is 59.9 Å². The van der Waals surface area contributed by atoms with Gasteiger partial charge in [-0.1, -0.05) is 32.0 Å². The molecule has 2 amide bonds. The largest absolute Gasteiger partial charge is 0.493 e. The van der Waals surface area contributed by atoms with E-state index < -0.39 is 0 Å². The van der Waals surface area contributed by atoms with Crippen LogP contribution in [0.15, 0.2) is 48.7 Å². The van der Waals surface area contributed by atoms with E-state index in [1.165, 1.54) is 0 Å². The summed E-state index contributed by atoms with van der Waals surface area (Å²) in [5.74, 6) is 1.36. The molecular weight excluding hydrogens is 376 g/mol. The van der Waals surface area contributed by atoms with E-state index >= 15 is 0 Å². The van der Waals surface area contributed by atoms with E-state index in [-0.39, 0.29) is 12.1 Å². The summed E-state index contributed by atoms with van der Waals surface area (Å²) in [6.45, 7) is 8.01. The van der Waals surface area contributed by atoms with Crippen LogP contribution in [0.4, 0.5) is 4.79 Å². The third-order valence-electron chi connectivity index (χ3n) is 5.40.